The second-order valence-electron chi connectivity index (χ2n) is 3.31. The Balaban J connectivity index is 1.93. The first-order valence-electron chi connectivity index (χ1n) is 4.49. The lowest BCUT2D eigenvalue weighted by Crippen LogP contribution is -2.49. The van der Waals surface area contributed by atoms with E-state index in [0.717, 1.165) is 0 Å². The summed E-state index contributed by atoms with van der Waals surface area (Å²) < 4.78 is 0. The maximum Gasteiger partial charge on any atom is 0.222 e. The van der Waals surface area contributed by atoms with Gasteiger partial charge in [0.1, 0.15) is 5.69 Å². The Morgan fingerprint density at radius 2 is 2.36 bits per heavy atom. The van der Waals surface area contributed by atoms with Crippen LogP contribution in [0.3, 0.4) is 0 Å². The predicted octanol–water partition coefficient (Wildman–Crippen LogP) is 0.543. The summed E-state index contributed by atoms with van der Waals surface area (Å²) >= 11 is 0. The van der Waals surface area contributed by atoms with Gasteiger partial charge in [0.25, 0.3) is 0 Å². The average molecular weight is 190 g/mol. The van der Waals surface area contributed by atoms with Crippen LogP contribution in [0.1, 0.15) is 23.3 Å². The normalized spacial score (nSPS) is 19.7. The molecule has 0 aromatic carbocycles. The van der Waals surface area contributed by atoms with Crippen LogP contribution < -0.4 is 5.32 Å². The van der Waals surface area contributed by atoms with E-state index in [4.69, 9.17) is 0 Å². The van der Waals surface area contributed by atoms with E-state index in [2.05, 4.69) is 10.3 Å². The van der Waals surface area contributed by atoms with Crippen molar-refractivity contribution in [3.8, 4) is 0 Å². The lowest BCUT2D eigenvalue weighted by atomic mass is 9.99. The molecule has 1 amide bonds. The molecule has 1 fully saturated rings. The minimum atomic E-state index is -0.0180. The van der Waals surface area contributed by atoms with Gasteiger partial charge < -0.3 is 5.32 Å². The van der Waals surface area contributed by atoms with Crippen LogP contribution in [0.25, 0.3) is 0 Å². The van der Waals surface area contributed by atoms with Gasteiger partial charge in [-0.15, -0.1) is 0 Å². The molecule has 14 heavy (non-hydrogen) atoms. The van der Waals surface area contributed by atoms with Gasteiger partial charge in [0.2, 0.25) is 5.91 Å². The third-order valence-electron chi connectivity index (χ3n) is 2.18. The molecular weight excluding hydrogens is 180 g/mol. The number of hydrogen-bond donors (Lipinski definition) is 1. The Bertz CT molecular complexity index is 354. The maximum absolute atomic E-state index is 11.5. The number of nitrogens with one attached hydrogen (secondary N) is 1. The fourth-order valence-corrected chi connectivity index (χ4v) is 1.41. The van der Waals surface area contributed by atoms with Crippen LogP contribution in [-0.4, -0.2) is 22.7 Å². The van der Waals surface area contributed by atoms with E-state index in [1.807, 2.05) is 0 Å². The SMILES string of the molecule is O=C1C[C@@H](CC(=O)c2ccccn2)N1. The number of aromatic nitrogens is 1. The molecule has 0 saturated carbocycles. The summed E-state index contributed by atoms with van der Waals surface area (Å²) in [6.45, 7) is 0. The van der Waals surface area contributed by atoms with Crippen molar-refractivity contribution in [2.75, 3.05) is 0 Å². The zero-order valence-corrected chi connectivity index (χ0v) is 7.56. The smallest absolute Gasteiger partial charge is 0.222 e. The maximum atomic E-state index is 11.5. The average Bonchev–Trinajstić information content (AvgIpc) is 2.17. The lowest BCUT2D eigenvalue weighted by molar-refractivity contribution is -0.128. The Hall–Kier alpha value is -1.71. The molecule has 1 aliphatic heterocycles. The molecular formula is C10H10N2O2. The first-order chi connectivity index (χ1) is 6.75. The topological polar surface area (TPSA) is 59.1 Å². The summed E-state index contributed by atoms with van der Waals surface area (Å²) in [5, 5.41) is 2.66. The van der Waals surface area contributed by atoms with Crippen molar-refractivity contribution in [2.45, 2.75) is 18.9 Å². The molecule has 1 aromatic heterocycles. The number of hydrogen-bond acceptors (Lipinski definition) is 3. The molecule has 4 heteroatoms. The summed E-state index contributed by atoms with van der Waals surface area (Å²) in [5.41, 5.74) is 0.466. The standard InChI is InChI=1S/C10H10N2O2/c13-9(5-7-6-10(14)12-7)8-3-1-2-4-11-8/h1-4,7H,5-6H2,(H,12,14)/t7-/m1/s1. The van der Waals surface area contributed by atoms with E-state index in [0.29, 0.717) is 18.5 Å². The van der Waals surface area contributed by atoms with Crippen molar-refractivity contribution in [1.82, 2.24) is 10.3 Å². The Labute approximate surface area is 81.3 Å². The molecule has 1 aromatic rings. The van der Waals surface area contributed by atoms with Crippen molar-refractivity contribution < 1.29 is 9.59 Å². The third-order valence-corrected chi connectivity index (χ3v) is 2.18. The van der Waals surface area contributed by atoms with Gasteiger partial charge in [-0.25, -0.2) is 0 Å². The highest BCUT2D eigenvalue weighted by atomic mass is 16.2. The van der Waals surface area contributed by atoms with Crippen LogP contribution in [0.5, 0.6) is 0 Å². The van der Waals surface area contributed by atoms with Crippen LogP contribution in [0.4, 0.5) is 0 Å². The lowest BCUT2D eigenvalue weighted by Gasteiger charge is -2.25. The Morgan fingerprint density at radius 1 is 1.57 bits per heavy atom. The van der Waals surface area contributed by atoms with Gasteiger partial charge in [0.05, 0.1) is 0 Å². The molecule has 1 saturated heterocycles. The molecule has 72 valence electrons. The second kappa shape index (κ2) is 3.57. The highest BCUT2D eigenvalue weighted by molar-refractivity contribution is 5.96. The van der Waals surface area contributed by atoms with E-state index < -0.39 is 0 Å². The summed E-state index contributed by atoms with van der Waals surface area (Å²) in [6, 6.07) is 5.24. The van der Waals surface area contributed by atoms with Gasteiger partial charge in [0.15, 0.2) is 5.78 Å². The van der Waals surface area contributed by atoms with Crippen molar-refractivity contribution in [1.29, 1.82) is 0 Å². The molecule has 2 rings (SSSR count). The van der Waals surface area contributed by atoms with Crippen molar-refractivity contribution in [3.05, 3.63) is 30.1 Å². The highest BCUT2D eigenvalue weighted by Gasteiger charge is 2.27. The monoisotopic (exact) mass is 190 g/mol. The van der Waals surface area contributed by atoms with Gasteiger partial charge in [-0.3, -0.25) is 14.6 Å². The fraction of sp³-hybridized carbons (Fsp3) is 0.300. The molecule has 2 heterocycles. The van der Waals surface area contributed by atoms with Gasteiger partial charge in [-0.2, -0.15) is 0 Å². The molecule has 0 spiro atoms. The molecule has 0 unspecified atom stereocenters. The first-order valence-corrected chi connectivity index (χ1v) is 4.49. The zero-order valence-electron chi connectivity index (χ0n) is 7.56. The van der Waals surface area contributed by atoms with E-state index >= 15 is 0 Å². The van der Waals surface area contributed by atoms with Gasteiger partial charge in [-0.1, -0.05) is 6.07 Å². The number of nitrogens with zero attached hydrogens (tertiary/aromatic N) is 1. The Morgan fingerprint density at radius 3 is 2.93 bits per heavy atom. The van der Waals surface area contributed by atoms with Crippen LogP contribution >= 0.6 is 0 Å². The largest absolute Gasteiger partial charge is 0.352 e. The number of ketones is 1. The Kier molecular flexibility index (Phi) is 2.26. The number of carbonyl (C=O) groups excluding carboxylic acids is 2. The summed E-state index contributed by atoms with van der Waals surface area (Å²) in [4.78, 5) is 26.1. The molecule has 1 aliphatic rings. The number of rotatable bonds is 3. The molecule has 1 N–H and O–H groups in total. The zero-order chi connectivity index (χ0) is 9.97. The van der Waals surface area contributed by atoms with Crippen molar-refractivity contribution in [2.24, 2.45) is 0 Å². The van der Waals surface area contributed by atoms with Crippen molar-refractivity contribution >= 4 is 11.7 Å². The van der Waals surface area contributed by atoms with Crippen molar-refractivity contribution in [3.63, 3.8) is 0 Å². The minimum Gasteiger partial charge on any atom is -0.352 e. The summed E-state index contributed by atoms with van der Waals surface area (Å²) in [5.74, 6) is -0.000536. The van der Waals surface area contributed by atoms with E-state index in [9.17, 15) is 9.59 Å². The van der Waals surface area contributed by atoms with Gasteiger partial charge in [0, 0.05) is 25.1 Å². The van der Waals surface area contributed by atoms with Crippen LogP contribution in [0.15, 0.2) is 24.4 Å². The number of amides is 1. The highest BCUT2D eigenvalue weighted by Crippen LogP contribution is 2.11. The molecule has 0 radical (unpaired) electrons. The minimum absolute atomic E-state index is 0.0111. The number of β-lactam (4-membered cyclic amide) rings is 1. The summed E-state index contributed by atoms with van der Waals surface area (Å²) in [6.07, 6.45) is 2.40. The molecule has 1 atom stereocenters. The van der Waals surface area contributed by atoms with E-state index in [-0.39, 0.29) is 17.7 Å². The van der Waals surface area contributed by atoms with Crippen LogP contribution in [0, 0.1) is 0 Å². The number of carbonyl (C=O) groups is 2. The van der Waals surface area contributed by atoms with Gasteiger partial charge >= 0.3 is 0 Å². The summed E-state index contributed by atoms with van der Waals surface area (Å²) in [7, 11) is 0. The quantitative estimate of drug-likeness (QED) is 0.559. The van der Waals surface area contributed by atoms with Crippen LogP contribution in [-0.2, 0) is 4.79 Å². The van der Waals surface area contributed by atoms with E-state index in [1.54, 1.807) is 24.4 Å². The predicted molar refractivity (Wildman–Crippen MR) is 49.7 cm³/mol. The second-order valence-corrected chi connectivity index (χ2v) is 3.31. The molecule has 0 bridgehead atoms. The molecule has 0 aliphatic carbocycles. The van der Waals surface area contributed by atoms with Crippen LogP contribution in [0.2, 0.25) is 0 Å². The van der Waals surface area contributed by atoms with Gasteiger partial charge in [-0.05, 0) is 12.1 Å². The van der Waals surface area contributed by atoms with E-state index in [1.165, 1.54) is 0 Å². The molecule has 4 nitrogen and oxygen atoms in total. The first kappa shape index (κ1) is 8.87. The number of pyridine rings is 1. The fourth-order valence-electron chi connectivity index (χ4n) is 1.41. The number of Topliss-reactive ketones (excluding diaryl/α,β-unsaturated/α-hetero) is 1. The third kappa shape index (κ3) is 1.79.